The van der Waals surface area contributed by atoms with Crippen molar-refractivity contribution < 1.29 is 0 Å². The molecule has 0 amide bonds. The lowest BCUT2D eigenvalue weighted by molar-refractivity contribution is 0.783. The van der Waals surface area contributed by atoms with E-state index in [0.29, 0.717) is 0 Å². The summed E-state index contributed by atoms with van der Waals surface area (Å²) in [7, 11) is 0. The van der Waals surface area contributed by atoms with Crippen molar-refractivity contribution in [3.8, 4) is 11.3 Å². The molecule has 16 heavy (non-hydrogen) atoms. The van der Waals surface area contributed by atoms with E-state index in [2.05, 4.69) is 39.8 Å². The summed E-state index contributed by atoms with van der Waals surface area (Å²) in [6.07, 6.45) is 3.58. The number of aromatic nitrogens is 2. The minimum absolute atomic E-state index is 1.03. The van der Waals surface area contributed by atoms with Crippen LogP contribution in [-0.4, -0.2) is 16.7 Å². The number of hydrogen-bond acceptors (Lipinski definition) is 2. The minimum Gasteiger partial charge on any atom is -0.368 e. The van der Waals surface area contributed by atoms with Gasteiger partial charge in [0.25, 0.3) is 0 Å². The van der Waals surface area contributed by atoms with Gasteiger partial charge in [-0.2, -0.15) is 5.10 Å². The van der Waals surface area contributed by atoms with E-state index in [0.717, 1.165) is 18.8 Å². The van der Waals surface area contributed by atoms with Crippen molar-refractivity contribution in [3.05, 3.63) is 35.9 Å². The molecular formula is C13H15N3. The molecule has 3 nitrogen and oxygen atoms in total. The van der Waals surface area contributed by atoms with Gasteiger partial charge in [0.2, 0.25) is 0 Å². The zero-order chi connectivity index (χ0) is 10.8. The molecule has 82 valence electrons. The lowest BCUT2D eigenvalue weighted by Gasteiger charge is -2.02. The maximum atomic E-state index is 4.36. The van der Waals surface area contributed by atoms with Crippen LogP contribution in [0.5, 0.6) is 0 Å². The van der Waals surface area contributed by atoms with E-state index >= 15 is 0 Å². The predicted octanol–water partition coefficient (Wildman–Crippen LogP) is 2.82. The molecule has 1 aliphatic rings. The molecule has 2 aromatic rings. The molecule has 1 aromatic carbocycles. The SMILES string of the molecule is c1ccc(-c2[nH]nc3c2CCCCN3)cc1. The second-order valence-corrected chi connectivity index (χ2v) is 4.18. The Kier molecular flexibility index (Phi) is 2.37. The molecule has 0 saturated heterocycles. The topological polar surface area (TPSA) is 40.7 Å². The second kappa shape index (κ2) is 4.00. The van der Waals surface area contributed by atoms with Gasteiger partial charge in [0.05, 0.1) is 5.69 Å². The zero-order valence-corrected chi connectivity index (χ0v) is 9.16. The number of H-pyrrole nitrogens is 1. The summed E-state index contributed by atoms with van der Waals surface area (Å²) in [4.78, 5) is 0. The molecule has 1 aliphatic heterocycles. The Morgan fingerprint density at radius 3 is 2.81 bits per heavy atom. The van der Waals surface area contributed by atoms with Crippen LogP contribution >= 0.6 is 0 Å². The summed E-state index contributed by atoms with van der Waals surface area (Å²) in [5, 5.41) is 10.9. The largest absolute Gasteiger partial charge is 0.368 e. The summed E-state index contributed by atoms with van der Waals surface area (Å²) < 4.78 is 0. The maximum absolute atomic E-state index is 4.36. The molecule has 0 fully saturated rings. The fraction of sp³-hybridized carbons (Fsp3) is 0.308. The first-order chi connectivity index (χ1) is 7.95. The predicted molar refractivity (Wildman–Crippen MR) is 65.5 cm³/mol. The van der Waals surface area contributed by atoms with Gasteiger partial charge in [0.15, 0.2) is 5.82 Å². The molecule has 0 unspecified atom stereocenters. The summed E-state index contributed by atoms with van der Waals surface area (Å²) in [6.45, 7) is 1.03. The van der Waals surface area contributed by atoms with Crippen LogP contribution in [0.2, 0.25) is 0 Å². The number of anilines is 1. The number of nitrogens with zero attached hydrogens (tertiary/aromatic N) is 1. The average Bonchev–Trinajstić information content (AvgIpc) is 2.60. The molecule has 2 N–H and O–H groups in total. The first-order valence-electron chi connectivity index (χ1n) is 5.82. The number of fused-ring (bicyclic) bond motifs is 1. The summed E-state index contributed by atoms with van der Waals surface area (Å²) in [5.74, 6) is 1.04. The highest BCUT2D eigenvalue weighted by atomic mass is 15.2. The van der Waals surface area contributed by atoms with Gasteiger partial charge in [-0.25, -0.2) is 0 Å². The van der Waals surface area contributed by atoms with Crippen molar-refractivity contribution >= 4 is 5.82 Å². The third kappa shape index (κ3) is 1.58. The van der Waals surface area contributed by atoms with Gasteiger partial charge < -0.3 is 5.32 Å². The normalized spacial score (nSPS) is 15.0. The molecule has 1 aromatic heterocycles. The molecule has 0 spiro atoms. The zero-order valence-electron chi connectivity index (χ0n) is 9.16. The Bertz CT molecular complexity index is 473. The summed E-state index contributed by atoms with van der Waals surface area (Å²) in [5.41, 5.74) is 3.73. The van der Waals surface area contributed by atoms with E-state index in [1.807, 2.05) is 6.07 Å². The van der Waals surface area contributed by atoms with E-state index in [4.69, 9.17) is 0 Å². The van der Waals surface area contributed by atoms with E-state index in [1.54, 1.807) is 0 Å². The summed E-state index contributed by atoms with van der Waals surface area (Å²) >= 11 is 0. The highest BCUT2D eigenvalue weighted by Gasteiger charge is 2.15. The Morgan fingerprint density at radius 1 is 1.06 bits per heavy atom. The van der Waals surface area contributed by atoms with Gasteiger partial charge in [-0.05, 0) is 24.8 Å². The number of aromatic amines is 1. The quantitative estimate of drug-likeness (QED) is 0.764. The van der Waals surface area contributed by atoms with Crippen LogP contribution in [0.4, 0.5) is 5.82 Å². The van der Waals surface area contributed by atoms with Crippen molar-refractivity contribution in [3.63, 3.8) is 0 Å². The molecule has 3 rings (SSSR count). The van der Waals surface area contributed by atoms with Gasteiger partial charge in [0.1, 0.15) is 0 Å². The van der Waals surface area contributed by atoms with E-state index in [1.165, 1.54) is 29.7 Å². The monoisotopic (exact) mass is 213 g/mol. The lowest BCUT2D eigenvalue weighted by atomic mass is 10.0. The lowest BCUT2D eigenvalue weighted by Crippen LogP contribution is -1.99. The van der Waals surface area contributed by atoms with Crippen LogP contribution in [0, 0.1) is 0 Å². The highest BCUT2D eigenvalue weighted by molar-refractivity contribution is 5.69. The van der Waals surface area contributed by atoms with E-state index in [9.17, 15) is 0 Å². The van der Waals surface area contributed by atoms with Gasteiger partial charge in [-0.15, -0.1) is 0 Å². The van der Waals surface area contributed by atoms with Gasteiger partial charge in [-0.3, -0.25) is 5.10 Å². The van der Waals surface area contributed by atoms with Gasteiger partial charge in [0, 0.05) is 12.1 Å². The van der Waals surface area contributed by atoms with Crippen LogP contribution in [0.25, 0.3) is 11.3 Å². The van der Waals surface area contributed by atoms with Crippen molar-refractivity contribution in [1.82, 2.24) is 10.2 Å². The Labute approximate surface area is 94.9 Å². The highest BCUT2D eigenvalue weighted by Crippen LogP contribution is 2.29. The number of nitrogens with one attached hydrogen (secondary N) is 2. The van der Waals surface area contributed by atoms with Crippen molar-refractivity contribution in [2.75, 3.05) is 11.9 Å². The molecule has 0 aliphatic carbocycles. The second-order valence-electron chi connectivity index (χ2n) is 4.18. The van der Waals surface area contributed by atoms with Crippen LogP contribution in [0.15, 0.2) is 30.3 Å². The number of benzene rings is 1. The fourth-order valence-electron chi connectivity index (χ4n) is 2.23. The first-order valence-corrected chi connectivity index (χ1v) is 5.82. The van der Waals surface area contributed by atoms with Crippen LogP contribution in [0.1, 0.15) is 18.4 Å². The van der Waals surface area contributed by atoms with Gasteiger partial charge >= 0.3 is 0 Å². The Balaban J connectivity index is 2.06. The fourth-order valence-corrected chi connectivity index (χ4v) is 2.23. The molecule has 0 atom stereocenters. The maximum Gasteiger partial charge on any atom is 0.151 e. The molecule has 3 heteroatoms. The van der Waals surface area contributed by atoms with Crippen LogP contribution < -0.4 is 5.32 Å². The first kappa shape index (κ1) is 9.46. The molecule has 0 saturated carbocycles. The van der Waals surface area contributed by atoms with Gasteiger partial charge in [-0.1, -0.05) is 30.3 Å². The molecule has 0 radical (unpaired) electrons. The average molecular weight is 213 g/mol. The Morgan fingerprint density at radius 2 is 1.94 bits per heavy atom. The number of hydrogen-bond donors (Lipinski definition) is 2. The minimum atomic E-state index is 1.03. The van der Waals surface area contributed by atoms with Crippen LogP contribution in [-0.2, 0) is 6.42 Å². The van der Waals surface area contributed by atoms with E-state index in [-0.39, 0.29) is 0 Å². The smallest absolute Gasteiger partial charge is 0.151 e. The summed E-state index contributed by atoms with van der Waals surface area (Å²) in [6, 6.07) is 10.4. The number of rotatable bonds is 1. The standard InChI is InChI=1S/C13H15N3/c1-2-6-10(7-3-1)12-11-8-4-5-9-14-13(11)16-15-12/h1-3,6-7H,4-5,8-9H2,(H2,14,15,16). The molecule has 0 bridgehead atoms. The van der Waals surface area contributed by atoms with Crippen molar-refractivity contribution in [2.24, 2.45) is 0 Å². The third-order valence-electron chi connectivity index (χ3n) is 3.08. The van der Waals surface area contributed by atoms with Crippen molar-refractivity contribution in [2.45, 2.75) is 19.3 Å². The van der Waals surface area contributed by atoms with Crippen LogP contribution in [0.3, 0.4) is 0 Å². The molecule has 2 heterocycles. The van der Waals surface area contributed by atoms with E-state index < -0.39 is 0 Å². The Hall–Kier alpha value is -1.77. The molecular weight excluding hydrogens is 198 g/mol. The van der Waals surface area contributed by atoms with Crippen molar-refractivity contribution in [1.29, 1.82) is 0 Å². The third-order valence-corrected chi connectivity index (χ3v) is 3.08.